The van der Waals surface area contributed by atoms with Gasteiger partial charge in [-0.25, -0.2) is 12.8 Å². The predicted octanol–water partition coefficient (Wildman–Crippen LogP) is 1.92. The highest BCUT2D eigenvalue weighted by Gasteiger charge is 2.31. The number of carbonyl (C=O) groups is 1. The summed E-state index contributed by atoms with van der Waals surface area (Å²) in [7, 11) is -1.73. The molecular formula is C19H28FN3O3S. The zero-order valence-corrected chi connectivity index (χ0v) is 16.6. The third-order valence-corrected chi connectivity index (χ3v) is 7.50. The van der Waals surface area contributed by atoms with E-state index in [1.807, 2.05) is 7.05 Å². The number of hydrogen-bond donors (Lipinski definition) is 0. The van der Waals surface area contributed by atoms with Crippen LogP contribution in [0, 0.1) is 5.82 Å². The van der Waals surface area contributed by atoms with Gasteiger partial charge >= 0.3 is 0 Å². The lowest BCUT2D eigenvalue weighted by molar-refractivity contribution is -0.134. The van der Waals surface area contributed by atoms with Gasteiger partial charge in [-0.1, -0.05) is 25.3 Å². The number of rotatable bonds is 5. The summed E-state index contributed by atoms with van der Waals surface area (Å²) in [4.78, 5) is 16.4. The number of amides is 1. The van der Waals surface area contributed by atoms with Gasteiger partial charge in [-0.15, -0.1) is 0 Å². The third-order valence-electron chi connectivity index (χ3n) is 5.61. The van der Waals surface area contributed by atoms with Gasteiger partial charge in [0.1, 0.15) is 5.82 Å². The van der Waals surface area contributed by atoms with Gasteiger partial charge in [-0.05, 0) is 38.1 Å². The molecule has 1 aromatic carbocycles. The lowest BCUT2D eigenvalue weighted by Crippen LogP contribution is -2.53. The minimum Gasteiger partial charge on any atom is -0.339 e. The number of piperazine rings is 1. The average Bonchev–Trinajstić information content (AvgIpc) is 2.68. The first-order chi connectivity index (χ1) is 12.9. The standard InChI is InChI=1S/C19H28FN3O3S/c1-21(17-7-3-2-4-8-17)15-19(24)22-10-12-23(13-11-22)27(25,26)18-9-5-6-16(20)14-18/h5-6,9,14,17H,2-4,7-8,10-13,15H2,1H3. The van der Waals surface area contributed by atoms with E-state index in [4.69, 9.17) is 0 Å². The molecule has 1 saturated heterocycles. The van der Waals surface area contributed by atoms with E-state index in [-0.39, 0.29) is 23.9 Å². The number of nitrogens with zero attached hydrogens (tertiary/aromatic N) is 3. The smallest absolute Gasteiger partial charge is 0.243 e. The summed E-state index contributed by atoms with van der Waals surface area (Å²) in [5.74, 6) is -0.526. The van der Waals surface area contributed by atoms with Gasteiger partial charge in [0.05, 0.1) is 11.4 Å². The monoisotopic (exact) mass is 397 g/mol. The predicted molar refractivity (Wildman–Crippen MR) is 101 cm³/mol. The normalized spacial score (nSPS) is 20.2. The highest BCUT2D eigenvalue weighted by Crippen LogP contribution is 2.22. The summed E-state index contributed by atoms with van der Waals surface area (Å²) < 4.78 is 40.0. The summed E-state index contributed by atoms with van der Waals surface area (Å²) in [5.41, 5.74) is 0. The average molecular weight is 398 g/mol. The molecule has 150 valence electrons. The van der Waals surface area contributed by atoms with Crippen molar-refractivity contribution in [3.8, 4) is 0 Å². The second-order valence-corrected chi connectivity index (χ2v) is 9.39. The van der Waals surface area contributed by atoms with Crippen LogP contribution < -0.4 is 0 Å². The van der Waals surface area contributed by atoms with Gasteiger partial charge in [0.15, 0.2) is 0 Å². The molecule has 0 spiro atoms. The summed E-state index contributed by atoms with van der Waals surface area (Å²) >= 11 is 0. The molecule has 1 heterocycles. The molecule has 27 heavy (non-hydrogen) atoms. The quantitative estimate of drug-likeness (QED) is 0.762. The van der Waals surface area contributed by atoms with Crippen LogP contribution in [0.25, 0.3) is 0 Å². The Morgan fingerprint density at radius 2 is 1.81 bits per heavy atom. The van der Waals surface area contributed by atoms with E-state index in [1.165, 1.54) is 41.8 Å². The first-order valence-corrected chi connectivity index (χ1v) is 11.1. The Kier molecular flexibility index (Phi) is 6.49. The number of likely N-dealkylation sites (N-methyl/N-ethyl adjacent to an activating group) is 1. The van der Waals surface area contributed by atoms with Crippen LogP contribution >= 0.6 is 0 Å². The van der Waals surface area contributed by atoms with Crippen molar-refractivity contribution in [3.63, 3.8) is 0 Å². The molecule has 2 aliphatic rings. The van der Waals surface area contributed by atoms with Gasteiger partial charge in [-0.3, -0.25) is 9.69 Å². The van der Waals surface area contributed by atoms with Gasteiger partial charge in [-0.2, -0.15) is 4.31 Å². The van der Waals surface area contributed by atoms with Crippen LogP contribution in [0.5, 0.6) is 0 Å². The Bertz CT molecular complexity index is 757. The number of carbonyl (C=O) groups excluding carboxylic acids is 1. The van der Waals surface area contributed by atoms with Crippen molar-refractivity contribution in [2.75, 3.05) is 39.8 Å². The molecule has 1 aliphatic carbocycles. The maximum Gasteiger partial charge on any atom is 0.243 e. The van der Waals surface area contributed by atoms with E-state index in [0.717, 1.165) is 18.9 Å². The van der Waals surface area contributed by atoms with Crippen LogP contribution in [-0.4, -0.2) is 74.2 Å². The fourth-order valence-electron chi connectivity index (χ4n) is 3.92. The molecule has 1 aromatic rings. The molecule has 3 rings (SSSR count). The molecule has 0 unspecified atom stereocenters. The SMILES string of the molecule is CN(CC(=O)N1CCN(S(=O)(=O)c2cccc(F)c2)CC1)C1CCCCC1. The van der Waals surface area contributed by atoms with E-state index in [2.05, 4.69) is 4.90 Å². The molecule has 6 nitrogen and oxygen atoms in total. The Labute approximate surface area is 161 Å². The second-order valence-electron chi connectivity index (χ2n) is 7.45. The summed E-state index contributed by atoms with van der Waals surface area (Å²) in [6.45, 7) is 1.58. The molecule has 8 heteroatoms. The van der Waals surface area contributed by atoms with Crippen LogP contribution in [0.1, 0.15) is 32.1 Å². The van der Waals surface area contributed by atoms with Gasteiger partial charge in [0.25, 0.3) is 0 Å². The maximum atomic E-state index is 13.4. The summed E-state index contributed by atoms with van der Waals surface area (Å²) in [6.07, 6.45) is 6.01. The zero-order valence-electron chi connectivity index (χ0n) is 15.8. The largest absolute Gasteiger partial charge is 0.339 e. The van der Waals surface area contributed by atoms with Crippen molar-refractivity contribution in [1.29, 1.82) is 0 Å². The number of sulfonamides is 1. The third kappa shape index (κ3) is 4.86. The fraction of sp³-hybridized carbons (Fsp3) is 0.632. The van der Waals surface area contributed by atoms with E-state index in [9.17, 15) is 17.6 Å². The van der Waals surface area contributed by atoms with E-state index in [1.54, 1.807) is 4.90 Å². The van der Waals surface area contributed by atoms with Crippen molar-refractivity contribution < 1.29 is 17.6 Å². The molecule has 1 saturated carbocycles. The van der Waals surface area contributed by atoms with Crippen LogP contribution in [-0.2, 0) is 14.8 Å². The first-order valence-electron chi connectivity index (χ1n) is 9.61. The minimum atomic E-state index is -3.73. The summed E-state index contributed by atoms with van der Waals surface area (Å²) in [5, 5.41) is 0. The first kappa shape index (κ1) is 20.2. The number of hydrogen-bond acceptors (Lipinski definition) is 4. The van der Waals surface area contributed by atoms with Crippen LogP contribution in [0.3, 0.4) is 0 Å². The molecule has 0 radical (unpaired) electrons. The molecule has 1 amide bonds. The molecular weight excluding hydrogens is 369 g/mol. The lowest BCUT2D eigenvalue weighted by Gasteiger charge is -2.36. The Hall–Kier alpha value is -1.51. The lowest BCUT2D eigenvalue weighted by atomic mass is 9.94. The summed E-state index contributed by atoms with van der Waals surface area (Å²) in [6, 6.07) is 5.51. The second kappa shape index (κ2) is 8.67. The Balaban J connectivity index is 1.54. The van der Waals surface area contributed by atoms with Gasteiger partial charge < -0.3 is 4.90 Å². The molecule has 0 bridgehead atoms. The van der Waals surface area contributed by atoms with Crippen molar-refractivity contribution in [1.82, 2.24) is 14.1 Å². The van der Waals surface area contributed by atoms with E-state index < -0.39 is 15.8 Å². The van der Waals surface area contributed by atoms with Crippen molar-refractivity contribution in [3.05, 3.63) is 30.1 Å². The number of halogens is 1. The Morgan fingerprint density at radius 3 is 2.44 bits per heavy atom. The van der Waals surface area contributed by atoms with Crippen LogP contribution in [0.4, 0.5) is 4.39 Å². The minimum absolute atomic E-state index is 0.0423. The van der Waals surface area contributed by atoms with Crippen LogP contribution in [0.15, 0.2) is 29.2 Å². The van der Waals surface area contributed by atoms with E-state index >= 15 is 0 Å². The molecule has 0 atom stereocenters. The molecule has 0 N–H and O–H groups in total. The van der Waals surface area contributed by atoms with Gasteiger partial charge in [0, 0.05) is 32.2 Å². The zero-order chi connectivity index (χ0) is 19.4. The van der Waals surface area contributed by atoms with Crippen molar-refractivity contribution in [2.24, 2.45) is 0 Å². The number of benzene rings is 1. The van der Waals surface area contributed by atoms with Crippen molar-refractivity contribution >= 4 is 15.9 Å². The van der Waals surface area contributed by atoms with Gasteiger partial charge in [0.2, 0.25) is 15.9 Å². The topological polar surface area (TPSA) is 60.9 Å². The Morgan fingerprint density at radius 1 is 1.15 bits per heavy atom. The van der Waals surface area contributed by atoms with Crippen LogP contribution in [0.2, 0.25) is 0 Å². The highest BCUT2D eigenvalue weighted by atomic mass is 32.2. The fourth-order valence-corrected chi connectivity index (χ4v) is 5.37. The maximum absolute atomic E-state index is 13.4. The highest BCUT2D eigenvalue weighted by molar-refractivity contribution is 7.89. The van der Waals surface area contributed by atoms with Crippen molar-refractivity contribution in [2.45, 2.75) is 43.0 Å². The molecule has 0 aromatic heterocycles. The molecule has 1 aliphatic heterocycles. The van der Waals surface area contributed by atoms with E-state index in [0.29, 0.717) is 25.7 Å². The molecule has 2 fully saturated rings.